The number of thioether (sulfide) groups is 1. The number of likely N-dealkylation sites (N-methyl/N-ethyl adjacent to an activating group) is 1. The Bertz CT molecular complexity index is 872. The molecule has 21 heavy (non-hydrogen) atoms. The first-order valence-corrected chi connectivity index (χ1v) is 7.50. The van der Waals surface area contributed by atoms with Crippen LogP contribution in [0.2, 0.25) is 5.02 Å². The Hall–Kier alpha value is -1.63. The molecular formula is C14H8ClNO3S2. The van der Waals surface area contributed by atoms with Crippen LogP contribution in [0.5, 0.6) is 0 Å². The first-order chi connectivity index (χ1) is 9.97. The third-order valence-corrected chi connectivity index (χ3v) is 4.75. The van der Waals surface area contributed by atoms with Crippen molar-refractivity contribution in [3.63, 3.8) is 0 Å². The minimum absolute atomic E-state index is 0.226. The number of halogens is 1. The summed E-state index contributed by atoms with van der Waals surface area (Å²) in [5.74, 6) is -0.226. The average molecular weight is 338 g/mol. The van der Waals surface area contributed by atoms with E-state index in [1.54, 1.807) is 25.2 Å². The molecule has 0 saturated carbocycles. The van der Waals surface area contributed by atoms with Crippen molar-refractivity contribution in [3.8, 4) is 0 Å². The van der Waals surface area contributed by atoms with E-state index in [4.69, 9.17) is 28.2 Å². The lowest BCUT2D eigenvalue weighted by molar-refractivity contribution is -0.121. The van der Waals surface area contributed by atoms with Crippen LogP contribution in [0.3, 0.4) is 0 Å². The van der Waals surface area contributed by atoms with E-state index < -0.39 is 0 Å². The Kier molecular flexibility index (Phi) is 3.61. The van der Waals surface area contributed by atoms with E-state index in [1.165, 1.54) is 17.2 Å². The second kappa shape index (κ2) is 5.29. The van der Waals surface area contributed by atoms with Crippen molar-refractivity contribution < 1.29 is 9.21 Å². The second-order valence-corrected chi connectivity index (χ2v) is 6.51. The van der Waals surface area contributed by atoms with E-state index in [-0.39, 0.29) is 11.3 Å². The highest BCUT2D eigenvalue weighted by Crippen LogP contribution is 2.31. The van der Waals surface area contributed by atoms with Crippen LogP contribution in [-0.4, -0.2) is 22.2 Å². The van der Waals surface area contributed by atoms with E-state index in [0.717, 1.165) is 11.8 Å². The van der Waals surface area contributed by atoms with Gasteiger partial charge in [-0.1, -0.05) is 35.6 Å². The highest BCUT2D eigenvalue weighted by Gasteiger charge is 2.29. The molecule has 0 spiro atoms. The van der Waals surface area contributed by atoms with Crippen molar-refractivity contribution in [3.05, 3.63) is 50.2 Å². The molecule has 1 aromatic carbocycles. The van der Waals surface area contributed by atoms with Crippen LogP contribution in [-0.2, 0) is 4.79 Å². The number of thiocarbonyl (C=S) groups is 1. The minimum Gasteiger partial charge on any atom is -0.463 e. The van der Waals surface area contributed by atoms with Crippen molar-refractivity contribution in [2.24, 2.45) is 0 Å². The topological polar surface area (TPSA) is 50.5 Å². The van der Waals surface area contributed by atoms with Crippen molar-refractivity contribution in [2.75, 3.05) is 7.05 Å². The first-order valence-electron chi connectivity index (χ1n) is 5.90. The number of hydrogen-bond acceptors (Lipinski definition) is 5. The summed E-state index contributed by atoms with van der Waals surface area (Å²) in [6.45, 7) is 0. The van der Waals surface area contributed by atoms with Gasteiger partial charge in [-0.05, 0) is 24.3 Å². The normalized spacial score (nSPS) is 17.2. The Morgan fingerprint density at radius 1 is 1.38 bits per heavy atom. The summed E-state index contributed by atoms with van der Waals surface area (Å²) in [7, 11) is 1.60. The molecule has 2 heterocycles. The Morgan fingerprint density at radius 3 is 2.81 bits per heavy atom. The zero-order chi connectivity index (χ0) is 15.1. The van der Waals surface area contributed by atoms with Gasteiger partial charge in [0.05, 0.1) is 15.9 Å². The standard InChI is InChI=1S/C14H8ClNO3S2/c1-16-13(18)11(21-14(16)20)4-7-6-19-10-3-2-8(15)5-9(10)12(7)17/h2-6H,1H3/b11-4-. The van der Waals surface area contributed by atoms with Gasteiger partial charge in [0.1, 0.15) is 16.2 Å². The fraction of sp³-hybridized carbons (Fsp3) is 0.0714. The molecule has 0 atom stereocenters. The fourth-order valence-electron chi connectivity index (χ4n) is 1.90. The Balaban J connectivity index is 2.14. The van der Waals surface area contributed by atoms with E-state index in [1.807, 2.05) is 0 Å². The van der Waals surface area contributed by atoms with Gasteiger partial charge in [0, 0.05) is 12.1 Å². The summed E-state index contributed by atoms with van der Waals surface area (Å²) in [5.41, 5.74) is 0.503. The highest BCUT2D eigenvalue weighted by atomic mass is 35.5. The van der Waals surface area contributed by atoms with Gasteiger partial charge in [-0.15, -0.1) is 0 Å². The van der Waals surface area contributed by atoms with Gasteiger partial charge in [0.2, 0.25) is 0 Å². The molecule has 2 aromatic rings. The average Bonchev–Trinajstić information content (AvgIpc) is 2.70. The molecule has 1 aromatic heterocycles. The summed E-state index contributed by atoms with van der Waals surface area (Å²) in [6, 6.07) is 4.83. The van der Waals surface area contributed by atoms with Gasteiger partial charge >= 0.3 is 0 Å². The molecule has 3 rings (SSSR count). The minimum atomic E-state index is -0.236. The second-order valence-electron chi connectivity index (χ2n) is 4.40. The molecule has 106 valence electrons. The fourth-order valence-corrected chi connectivity index (χ4v) is 3.25. The number of benzene rings is 1. The monoisotopic (exact) mass is 337 g/mol. The van der Waals surface area contributed by atoms with Gasteiger partial charge in [0.15, 0.2) is 5.43 Å². The number of amides is 1. The third kappa shape index (κ3) is 2.50. The number of hydrogen-bond donors (Lipinski definition) is 0. The summed E-state index contributed by atoms with van der Waals surface area (Å²) < 4.78 is 5.87. The predicted octanol–water partition coefficient (Wildman–Crippen LogP) is 3.28. The lowest BCUT2D eigenvalue weighted by Gasteiger charge is -2.03. The van der Waals surface area contributed by atoms with Gasteiger partial charge in [-0.2, -0.15) is 0 Å². The van der Waals surface area contributed by atoms with Crippen molar-refractivity contribution in [1.82, 2.24) is 4.90 Å². The van der Waals surface area contributed by atoms with E-state index >= 15 is 0 Å². The maximum Gasteiger partial charge on any atom is 0.265 e. The van der Waals surface area contributed by atoms with Gasteiger partial charge in [-0.3, -0.25) is 14.5 Å². The SMILES string of the molecule is CN1C(=O)/C(=C/c2coc3ccc(Cl)cc3c2=O)SC1=S. The highest BCUT2D eigenvalue weighted by molar-refractivity contribution is 8.26. The molecule has 1 aliphatic rings. The van der Waals surface area contributed by atoms with Crippen LogP contribution in [0.15, 0.2) is 38.6 Å². The molecular weight excluding hydrogens is 330 g/mol. The van der Waals surface area contributed by atoms with E-state index in [2.05, 4.69) is 0 Å². The zero-order valence-corrected chi connectivity index (χ0v) is 13.1. The number of carbonyl (C=O) groups is 1. The molecule has 1 saturated heterocycles. The van der Waals surface area contributed by atoms with Gasteiger partial charge < -0.3 is 4.42 Å². The lowest BCUT2D eigenvalue weighted by Crippen LogP contribution is -2.22. The maximum atomic E-state index is 12.4. The summed E-state index contributed by atoms with van der Waals surface area (Å²) >= 11 is 12.1. The van der Waals surface area contributed by atoms with Crippen LogP contribution in [0.1, 0.15) is 5.56 Å². The smallest absolute Gasteiger partial charge is 0.265 e. The summed E-state index contributed by atoms with van der Waals surface area (Å²) in [5, 5.41) is 0.829. The molecule has 0 unspecified atom stereocenters. The number of rotatable bonds is 1. The largest absolute Gasteiger partial charge is 0.463 e. The molecule has 7 heteroatoms. The first kappa shape index (κ1) is 14.3. The van der Waals surface area contributed by atoms with Crippen LogP contribution in [0.4, 0.5) is 0 Å². The zero-order valence-electron chi connectivity index (χ0n) is 10.8. The van der Waals surface area contributed by atoms with Gasteiger partial charge in [-0.25, -0.2) is 0 Å². The van der Waals surface area contributed by atoms with Crippen molar-refractivity contribution in [1.29, 1.82) is 0 Å². The van der Waals surface area contributed by atoms with Crippen LogP contribution >= 0.6 is 35.6 Å². The lowest BCUT2D eigenvalue weighted by atomic mass is 10.1. The van der Waals surface area contributed by atoms with Gasteiger partial charge in [0.25, 0.3) is 5.91 Å². The molecule has 1 amide bonds. The van der Waals surface area contributed by atoms with E-state index in [9.17, 15) is 9.59 Å². The predicted molar refractivity (Wildman–Crippen MR) is 88.4 cm³/mol. The molecule has 0 N–H and O–H groups in total. The quantitative estimate of drug-likeness (QED) is 0.590. The Morgan fingerprint density at radius 2 is 2.14 bits per heavy atom. The van der Waals surface area contributed by atoms with Crippen LogP contribution < -0.4 is 5.43 Å². The van der Waals surface area contributed by atoms with Crippen LogP contribution in [0, 0.1) is 0 Å². The van der Waals surface area contributed by atoms with Crippen molar-refractivity contribution in [2.45, 2.75) is 0 Å². The number of nitrogens with zero attached hydrogens (tertiary/aromatic N) is 1. The molecule has 0 bridgehead atoms. The number of fused-ring (bicyclic) bond motifs is 1. The summed E-state index contributed by atoms with van der Waals surface area (Å²) in [6.07, 6.45) is 2.83. The molecule has 1 aliphatic heterocycles. The van der Waals surface area contributed by atoms with Crippen molar-refractivity contribution >= 4 is 62.9 Å². The molecule has 0 aliphatic carbocycles. The molecule has 0 radical (unpaired) electrons. The third-order valence-electron chi connectivity index (χ3n) is 3.03. The Labute approximate surface area is 134 Å². The summed E-state index contributed by atoms with van der Waals surface area (Å²) in [4.78, 5) is 26.1. The van der Waals surface area contributed by atoms with Crippen LogP contribution in [0.25, 0.3) is 17.0 Å². The number of carbonyl (C=O) groups excluding carboxylic acids is 1. The molecule has 1 fully saturated rings. The maximum absolute atomic E-state index is 12.4. The van der Waals surface area contributed by atoms with E-state index in [0.29, 0.717) is 30.8 Å². The molecule has 4 nitrogen and oxygen atoms in total.